The van der Waals surface area contributed by atoms with Crippen molar-refractivity contribution in [2.75, 3.05) is 17.0 Å². The first kappa shape index (κ1) is 24.4. The van der Waals surface area contributed by atoms with Gasteiger partial charge in [-0.25, -0.2) is 8.42 Å². The Morgan fingerprint density at radius 1 is 1.20 bits per heavy atom. The summed E-state index contributed by atoms with van der Waals surface area (Å²) < 4.78 is 32.7. The van der Waals surface area contributed by atoms with E-state index < -0.39 is 28.4 Å². The number of carbonyl (C=O) groups excluding carboxylic acids is 1. The minimum absolute atomic E-state index is 0.0300. The van der Waals surface area contributed by atoms with E-state index in [1.54, 1.807) is 18.2 Å². The summed E-state index contributed by atoms with van der Waals surface area (Å²) in [4.78, 5) is 22.6. The van der Waals surface area contributed by atoms with Crippen molar-refractivity contribution in [3.8, 4) is 5.75 Å². The van der Waals surface area contributed by atoms with Crippen LogP contribution in [0.3, 0.4) is 0 Å². The van der Waals surface area contributed by atoms with Gasteiger partial charge in [0.1, 0.15) is 18.9 Å². The van der Waals surface area contributed by atoms with Crippen LogP contribution in [-0.4, -0.2) is 37.7 Å². The van der Waals surface area contributed by atoms with Crippen LogP contribution < -0.4 is 14.8 Å². The Balaban J connectivity index is 2.18. The zero-order valence-electron chi connectivity index (χ0n) is 15.5. The Labute approximate surface area is 195 Å². The molecule has 3 N–H and O–H groups in total. The molecular formula is C18H17Br2ClN2O6S. The Hall–Kier alpha value is -1.82. The van der Waals surface area contributed by atoms with Crippen molar-refractivity contribution in [3.63, 3.8) is 0 Å². The van der Waals surface area contributed by atoms with Crippen LogP contribution in [0.5, 0.6) is 5.75 Å². The first-order chi connectivity index (χ1) is 14.0. The van der Waals surface area contributed by atoms with E-state index in [1.165, 1.54) is 19.1 Å². The van der Waals surface area contributed by atoms with E-state index in [-0.39, 0.29) is 28.6 Å². The molecule has 0 spiro atoms. The van der Waals surface area contributed by atoms with Gasteiger partial charge in [-0.1, -0.05) is 23.7 Å². The molecule has 162 valence electrons. The number of rotatable bonds is 9. The zero-order chi connectivity index (χ0) is 22.5. The number of anilines is 1. The summed E-state index contributed by atoms with van der Waals surface area (Å²) in [6.45, 7) is 1.05. The SMILES string of the molecule is CCS(=O)(=O)Nc1cccc(COc2c(Br)cc(C(=O)NCC(=O)O)cc2Br)c1Cl. The molecule has 0 bridgehead atoms. The lowest BCUT2D eigenvalue weighted by Crippen LogP contribution is -2.29. The van der Waals surface area contributed by atoms with Crippen LogP contribution in [-0.2, 0) is 21.4 Å². The number of sulfonamides is 1. The van der Waals surface area contributed by atoms with Crippen LogP contribution in [0, 0.1) is 0 Å². The highest BCUT2D eigenvalue weighted by atomic mass is 79.9. The van der Waals surface area contributed by atoms with Gasteiger partial charge in [0.2, 0.25) is 10.0 Å². The largest absolute Gasteiger partial charge is 0.486 e. The van der Waals surface area contributed by atoms with Crippen LogP contribution in [0.1, 0.15) is 22.8 Å². The summed E-state index contributed by atoms with van der Waals surface area (Å²) in [6, 6.07) is 7.88. The van der Waals surface area contributed by atoms with Crippen LogP contribution in [0.15, 0.2) is 39.3 Å². The second kappa shape index (κ2) is 10.5. The molecule has 0 atom stereocenters. The fourth-order valence-electron chi connectivity index (χ4n) is 2.25. The highest BCUT2D eigenvalue weighted by Gasteiger charge is 2.16. The van der Waals surface area contributed by atoms with E-state index in [4.69, 9.17) is 21.4 Å². The van der Waals surface area contributed by atoms with Crippen molar-refractivity contribution in [2.45, 2.75) is 13.5 Å². The monoisotopic (exact) mass is 582 g/mol. The van der Waals surface area contributed by atoms with Gasteiger partial charge in [-0.2, -0.15) is 0 Å². The van der Waals surface area contributed by atoms with Gasteiger partial charge in [0.25, 0.3) is 5.91 Å². The van der Waals surface area contributed by atoms with E-state index in [0.717, 1.165) is 0 Å². The molecular weight excluding hydrogens is 568 g/mol. The Morgan fingerprint density at radius 3 is 2.40 bits per heavy atom. The zero-order valence-corrected chi connectivity index (χ0v) is 20.3. The molecule has 0 aliphatic rings. The number of amides is 1. The molecule has 2 aromatic rings. The lowest BCUT2D eigenvalue weighted by molar-refractivity contribution is -0.135. The molecule has 0 unspecified atom stereocenters. The summed E-state index contributed by atoms with van der Waals surface area (Å²) >= 11 is 13.0. The fourth-order valence-corrected chi connectivity index (χ4v) is 4.60. The van der Waals surface area contributed by atoms with Gasteiger partial charge in [0.05, 0.1) is 25.4 Å². The van der Waals surface area contributed by atoms with Gasteiger partial charge in [-0.3, -0.25) is 14.3 Å². The minimum Gasteiger partial charge on any atom is -0.486 e. The number of nitrogens with one attached hydrogen (secondary N) is 2. The normalized spacial score (nSPS) is 11.1. The molecule has 1 amide bonds. The summed E-state index contributed by atoms with van der Waals surface area (Å²) in [7, 11) is -3.48. The molecule has 0 heterocycles. The average Bonchev–Trinajstić information content (AvgIpc) is 2.67. The maximum Gasteiger partial charge on any atom is 0.322 e. The minimum atomic E-state index is -3.48. The standard InChI is InChI=1S/C18H17Br2ClN2O6S/c1-2-30(27,28)23-14-5-3-4-10(16(14)21)9-29-17-12(19)6-11(7-13(17)20)18(26)22-8-15(24)25/h3-7,23H,2,8-9H2,1H3,(H,22,26)(H,24,25). The molecule has 8 nitrogen and oxygen atoms in total. The van der Waals surface area contributed by atoms with Crippen molar-refractivity contribution in [2.24, 2.45) is 0 Å². The molecule has 0 aromatic heterocycles. The van der Waals surface area contributed by atoms with E-state index in [2.05, 4.69) is 41.9 Å². The summed E-state index contributed by atoms with van der Waals surface area (Å²) in [6.07, 6.45) is 0. The first-order valence-electron chi connectivity index (χ1n) is 8.43. The highest BCUT2D eigenvalue weighted by molar-refractivity contribution is 9.11. The Bertz CT molecular complexity index is 1060. The third-order valence-corrected chi connectivity index (χ3v) is 6.67. The average molecular weight is 585 g/mol. The van der Waals surface area contributed by atoms with Crippen molar-refractivity contribution < 1.29 is 27.9 Å². The highest BCUT2D eigenvalue weighted by Crippen LogP contribution is 2.36. The molecule has 2 aromatic carbocycles. The number of carboxylic acid groups (broad SMARTS) is 1. The van der Waals surface area contributed by atoms with E-state index in [1.807, 2.05) is 0 Å². The smallest absolute Gasteiger partial charge is 0.322 e. The molecule has 2 rings (SSSR count). The number of carbonyl (C=O) groups is 2. The number of benzene rings is 2. The first-order valence-corrected chi connectivity index (χ1v) is 12.1. The number of hydrogen-bond acceptors (Lipinski definition) is 5. The molecule has 0 radical (unpaired) electrons. The van der Waals surface area contributed by atoms with Crippen LogP contribution >= 0.6 is 43.5 Å². The number of aliphatic carboxylic acids is 1. The van der Waals surface area contributed by atoms with Gasteiger partial charge < -0.3 is 15.2 Å². The third-order valence-electron chi connectivity index (χ3n) is 3.76. The third kappa shape index (κ3) is 6.59. The second-order valence-corrected chi connectivity index (χ2v) is 10.0. The van der Waals surface area contributed by atoms with Gasteiger partial charge in [-0.05, 0) is 57.0 Å². The molecule has 0 saturated heterocycles. The molecule has 0 saturated carbocycles. The van der Waals surface area contributed by atoms with Crippen molar-refractivity contribution in [3.05, 3.63) is 55.4 Å². The van der Waals surface area contributed by atoms with Gasteiger partial charge in [0.15, 0.2) is 0 Å². The lowest BCUT2D eigenvalue weighted by atomic mass is 10.2. The van der Waals surface area contributed by atoms with Gasteiger partial charge >= 0.3 is 5.97 Å². The molecule has 0 fully saturated rings. The van der Waals surface area contributed by atoms with Crippen molar-refractivity contribution in [1.29, 1.82) is 0 Å². The maximum atomic E-state index is 12.0. The van der Waals surface area contributed by atoms with Crippen molar-refractivity contribution >= 4 is 71.0 Å². The Kier molecular flexibility index (Phi) is 8.53. The number of ether oxygens (including phenoxy) is 1. The molecule has 0 aliphatic heterocycles. The second-order valence-electron chi connectivity index (χ2n) is 5.92. The van der Waals surface area contributed by atoms with E-state index >= 15 is 0 Å². The fraction of sp³-hybridized carbons (Fsp3) is 0.222. The van der Waals surface area contributed by atoms with Gasteiger partial charge in [0, 0.05) is 11.1 Å². The summed E-state index contributed by atoms with van der Waals surface area (Å²) in [5, 5.41) is 11.1. The number of hydrogen-bond donors (Lipinski definition) is 3. The van der Waals surface area contributed by atoms with E-state index in [9.17, 15) is 18.0 Å². The number of halogens is 3. The van der Waals surface area contributed by atoms with Crippen LogP contribution in [0.4, 0.5) is 5.69 Å². The summed E-state index contributed by atoms with van der Waals surface area (Å²) in [5.41, 5.74) is 1.04. The summed E-state index contributed by atoms with van der Waals surface area (Å²) in [5.74, 6) is -1.40. The molecule has 0 aliphatic carbocycles. The Morgan fingerprint density at radius 2 is 1.83 bits per heavy atom. The molecule has 30 heavy (non-hydrogen) atoms. The van der Waals surface area contributed by atoms with E-state index in [0.29, 0.717) is 20.3 Å². The topological polar surface area (TPSA) is 122 Å². The number of carboxylic acids is 1. The predicted octanol–water partition coefficient (Wildman–Crippen LogP) is 4.02. The molecule has 12 heteroatoms. The maximum absolute atomic E-state index is 12.0. The van der Waals surface area contributed by atoms with Crippen LogP contribution in [0.25, 0.3) is 0 Å². The quantitative estimate of drug-likeness (QED) is 0.410. The van der Waals surface area contributed by atoms with Gasteiger partial charge in [-0.15, -0.1) is 0 Å². The van der Waals surface area contributed by atoms with Crippen LogP contribution in [0.2, 0.25) is 5.02 Å². The van der Waals surface area contributed by atoms with Crippen molar-refractivity contribution in [1.82, 2.24) is 5.32 Å². The lowest BCUT2D eigenvalue weighted by Gasteiger charge is -2.15. The predicted molar refractivity (Wildman–Crippen MR) is 121 cm³/mol.